The highest BCUT2D eigenvalue weighted by Gasteiger charge is 2.55. The molecule has 0 bridgehead atoms. The Hall–Kier alpha value is -2.51. The molecule has 186 valence electrons. The summed E-state index contributed by atoms with van der Waals surface area (Å²) in [4.78, 5) is 0. The highest BCUT2D eigenvalue weighted by molar-refractivity contribution is 6.65. The molecule has 0 aliphatic carbocycles. The average Bonchev–Trinajstić information content (AvgIpc) is 3.53. The molecule has 1 unspecified atom stereocenters. The molecule has 0 N–H and O–H groups in total. The van der Waals surface area contributed by atoms with Gasteiger partial charge in [-0.05, 0) is 89.2 Å². The van der Waals surface area contributed by atoms with E-state index >= 15 is 0 Å². The zero-order chi connectivity index (χ0) is 25.5. The lowest BCUT2D eigenvalue weighted by Gasteiger charge is -2.36. The number of benzene rings is 2. The van der Waals surface area contributed by atoms with Gasteiger partial charge in [0.1, 0.15) is 11.2 Å². The zero-order valence-corrected chi connectivity index (χ0v) is 22.0. The van der Waals surface area contributed by atoms with Gasteiger partial charge in [-0.15, -0.1) is 0 Å². The summed E-state index contributed by atoms with van der Waals surface area (Å²) in [7, 11) is -0.973. The van der Waals surface area contributed by atoms with Crippen molar-refractivity contribution >= 4 is 47.1 Å². The molecule has 2 aliphatic heterocycles. The first-order valence-corrected chi connectivity index (χ1v) is 12.6. The monoisotopic (exact) mass is 486 g/mol. The quantitative estimate of drug-likeness (QED) is 0.379. The van der Waals surface area contributed by atoms with Crippen LogP contribution in [0.3, 0.4) is 0 Å². The number of fused-ring (bicyclic) bond motifs is 2. The van der Waals surface area contributed by atoms with Gasteiger partial charge in [0.2, 0.25) is 0 Å². The first-order valence-electron chi connectivity index (χ1n) is 12.6. The highest BCUT2D eigenvalue weighted by Crippen LogP contribution is 2.41. The number of hydrogen-bond donors (Lipinski definition) is 0. The van der Waals surface area contributed by atoms with Crippen LogP contribution in [0.15, 0.2) is 63.8 Å². The van der Waals surface area contributed by atoms with Crippen molar-refractivity contribution in [3.63, 3.8) is 0 Å². The van der Waals surface area contributed by atoms with E-state index in [4.69, 9.17) is 27.5 Å². The van der Waals surface area contributed by atoms with Gasteiger partial charge < -0.3 is 27.5 Å². The summed E-state index contributed by atoms with van der Waals surface area (Å²) < 4.78 is 37.3. The molecule has 36 heavy (non-hydrogen) atoms. The Balaban J connectivity index is 1.33. The molecule has 2 aliphatic rings. The maximum absolute atomic E-state index is 6.65. The minimum absolute atomic E-state index is 0.428. The molecule has 8 heteroatoms. The average molecular weight is 486 g/mol. The van der Waals surface area contributed by atoms with Crippen LogP contribution in [0.1, 0.15) is 54.0 Å². The molecular formula is C28H32B2O6. The summed E-state index contributed by atoms with van der Waals surface area (Å²) in [5.41, 5.74) is 2.61. The van der Waals surface area contributed by atoms with Crippen LogP contribution < -0.4 is 10.9 Å². The molecule has 0 saturated carbocycles. The molecule has 6 nitrogen and oxygen atoms in total. The largest absolute Gasteiger partial charge is 0.495 e. The molecular weight excluding hydrogens is 454 g/mol. The van der Waals surface area contributed by atoms with E-state index in [2.05, 4.69) is 60.6 Å². The highest BCUT2D eigenvalue weighted by atomic mass is 16.7. The van der Waals surface area contributed by atoms with Crippen LogP contribution in [0, 0.1) is 0 Å². The summed E-state index contributed by atoms with van der Waals surface area (Å²) in [6.45, 7) is 14.5. The van der Waals surface area contributed by atoms with Crippen LogP contribution in [0.4, 0.5) is 0 Å². The first-order chi connectivity index (χ1) is 16.9. The molecule has 2 aromatic heterocycles. The summed E-state index contributed by atoms with van der Waals surface area (Å²) in [5, 5.41) is 2.05. The third kappa shape index (κ3) is 3.66. The standard InChI is InChI=1S/C28H32B2O6/c1-25(2)26(3,4)34-30(33-25)22-14-18(15-24-21(22)11-13-32-24)17-28(7)27(5,6)35-29(36-28)20-9-8-19-10-12-31-23(19)16-20/h8-16H,17H2,1-7H3. The fraction of sp³-hybridized carbons (Fsp3) is 0.429. The van der Waals surface area contributed by atoms with Gasteiger partial charge in [-0.3, -0.25) is 0 Å². The van der Waals surface area contributed by atoms with Crippen molar-refractivity contribution in [1.29, 1.82) is 0 Å². The Morgan fingerprint density at radius 1 is 0.639 bits per heavy atom. The topological polar surface area (TPSA) is 63.2 Å². The summed E-state index contributed by atoms with van der Waals surface area (Å²) in [5.74, 6) is 0. The SMILES string of the molecule is CC1(C)OB(c2cc(CC3(C)OB(c4ccc5ccoc5c4)OC3(C)C)cc3occc23)OC1(C)C. The van der Waals surface area contributed by atoms with Gasteiger partial charge in [-0.25, -0.2) is 0 Å². The lowest BCUT2D eigenvalue weighted by atomic mass is 9.74. The first kappa shape index (κ1) is 23.9. The number of furan rings is 2. The van der Waals surface area contributed by atoms with Crippen molar-refractivity contribution in [2.24, 2.45) is 0 Å². The van der Waals surface area contributed by atoms with Crippen molar-refractivity contribution in [3.05, 3.63) is 60.6 Å². The number of hydrogen-bond acceptors (Lipinski definition) is 6. The Labute approximate surface area is 212 Å². The van der Waals surface area contributed by atoms with E-state index in [1.807, 2.05) is 30.3 Å². The van der Waals surface area contributed by atoms with E-state index in [1.165, 1.54) is 0 Å². The molecule has 4 heterocycles. The summed E-state index contributed by atoms with van der Waals surface area (Å²) in [6, 6.07) is 14.2. The van der Waals surface area contributed by atoms with E-state index < -0.39 is 36.6 Å². The van der Waals surface area contributed by atoms with Gasteiger partial charge in [0.05, 0.1) is 34.9 Å². The van der Waals surface area contributed by atoms with Crippen LogP contribution >= 0.6 is 0 Å². The third-order valence-corrected chi connectivity index (χ3v) is 8.51. The number of rotatable bonds is 4. The zero-order valence-electron chi connectivity index (χ0n) is 22.0. The van der Waals surface area contributed by atoms with Crippen molar-refractivity contribution in [2.45, 2.75) is 77.3 Å². The maximum Gasteiger partial charge on any atom is 0.495 e. The maximum atomic E-state index is 6.65. The normalized spacial score (nSPS) is 24.9. The van der Waals surface area contributed by atoms with Gasteiger partial charge >= 0.3 is 14.2 Å². The summed E-state index contributed by atoms with van der Waals surface area (Å²) in [6.07, 6.45) is 4.04. The Morgan fingerprint density at radius 3 is 2.06 bits per heavy atom. The molecule has 0 radical (unpaired) electrons. The van der Waals surface area contributed by atoms with Crippen molar-refractivity contribution < 1.29 is 27.5 Å². The molecule has 2 fully saturated rings. The Bertz CT molecular complexity index is 1430. The predicted octanol–water partition coefficient (Wildman–Crippen LogP) is 5.00. The minimum Gasteiger partial charge on any atom is -0.464 e. The smallest absolute Gasteiger partial charge is 0.464 e. The second-order valence-electron chi connectivity index (χ2n) is 11.8. The second kappa shape index (κ2) is 7.75. The molecule has 1 atom stereocenters. The predicted molar refractivity (Wildman–Crippen MR) is 142 cm³/mol. The lowest BCUT2D eigenvalue weighted by Crippen LogP contribution is -2.47. The molecule has 6 rings (SSSR count). The van der Waals surface area contributed by atoms with E-state index in [0.29, 0.717) is 6.42 Å². The third-order valence-electron chi connectivity index (χ3n) is 8.51. The van der Waals surface area contributed by atoms with Gasteiger partial charge in [0, 0.05) is 17.2 Å². The van der Waals surface area contributed by atoms with Gasteiger partial charge in [-0.2, -0.15) is 0 Å². The van der Waals surface area contributed by atoms with Crippen molar-refractivity contribution in [2.75, 3.05) is 0 Å². The van der Waals surface area contributed by atoms with Gasteiger partial charge in [0.15, 0.2) is 0 Å². The van der Waals surface area contributed by atoms with E-state index in [0.717, 1.165) is 38.4 Å². The van der Waals surface area contributed by atoms with Crippen LogP contribution in [-0.2, 0) is 25.0 Å². The van der Waals surface area contributed by atoms with Crippen LogP contribution in [0.5, 0.6) is 0 Å². The molecule has 2 aromatic carbocycles. The van der Waals surface area contributed by atoms with Gasteiger partial charge in [-0.1, -0.05) is 18.2 Å². The minimum atomic E-state index is -0.594. The van der Waals surface area contributed by atoms with Crippen LogP contribution in [0.2, 0.25) is 0 Å². The van der Waals surface area contributed by atoms with E-state index in [9.17, 15) is 0 Å². The van der Waals surface area contributed by atoms with Crippen molar-refractivity contribution in [1.82, 2.24) is 0 Å². The van der Waals surface area contributed by atoms with Crippen LogP contribution in [0.25, 0.3) is 21.9 Å². The fourth-order valence-corrected chi connectivity index (χ4v) is 5.12. The lowest BCUT2D eigenvalue weighted by molar-refractivity contribution is -0.00875. The Kier molecular flexibility index (Phi) is 5.13. The summed E-state index contributed by atoms with van der Waals surface area (Å²) >= 11 is 0. The molecule has 2 saturated heterocycles. The van der Waals surface area contributed by atoms with Gasteiger partial charge in [0.25, 0.3) is 0 Å². The molecule has 0 amide bonds. The molecule has 0 spiro atoms. The molecule has 4 aromatic rings. The van der Waals surface area contributed by atoms with Crippen LogP contribution in [-0.4, -0.2) is 36.6 Å². The van der Waals surface area contributed by atoms with Crippen molar-refractivity contribution in [3.8, 4) is 0 Å². The Morgan fingerprint density at radius 2 is 1.31 bits per heavy atom. The van der Waals surface area contributed by atoms with E-state index in [-0.39, 0.29) is 0 Å². The fourth-order valence-electron chi connectivity index (χ4n) is 5.12. The second-order valence-corrected chi connectivity index (χ2v) is 11.8. The van der Waals surface area contributed by atoms with E-state index in [1.54, 1.807) is 12.5 Å².